The van der Waals surface area contributed by atoms with Gasteiger partial charge in [0, 0.05) is 27.2 Å². The molecule has 1 fully saturated rings. The van der Waals surface area contributed by atoms with Crippen molar-refractivity contribution < 1.29 is 9.53 Å². The van der Waals surface area contributed by atoms with Crippen molar-refractivity contribution >= 4 is 38.6 Å². The summed E-state index contributed by atoms with van der Waals surface area (Å²) in [5.41, 5.74) is 5.81. The number of rotatable bonds is 4. The van der Waals surface area contributed by atoms with Crippen molar-refractivity contribution in [1.29, 1.82) is 0 Å². The highest BCUT2D eigenvalue weighted by atomic mass is 79.9. The van der Waals surface area contributed by atoms with E-state index in [4.69, 9.17) is 14.8 Å². The second-order valence-electron chi connectivity index (χ2n) is 10.9. The monoisotopic (exact) mass is 568 g/mol. The quantitative estimate of drug-likeness (QED) is 0.239. The molecule has 1 aliphatic rings. The minimum atomic E-state index is -0.537. The van der Waals surface area contributed by atoms with Gasteiger partial charge in [-0.15, -0.1) is 0 Å². The Hall–Kier alpha value is -3.71. The summed E-state index contributed by atoms with van der Waals surface area (Å²) >= 11 is 3.63. The molecular weight excluding hydrogens is 540 g/mol. The molecule has 1 amide bonds. The fourth-order valence-corrected chi connectivity index (χ4v) is 5.58. The fourth-order valence-electron chi connectivity index (χ4n) is 5.14. The predicted octanol–water partition coefficient (Wildman–Crippen LogP) is 7.88. The van der Waals surface area contributed by atoms with Crippen molar-refractivity contribution in [2.45, 2.75) is 51.2 Å². The number of aromatic nitrogens is 3. The molecule has 0 atom stereocenters. The standard InChI is InChI=1S/C31H29BrN4O2/c1-30(2,3)38-29(37)34-31(17-8-18-31)22-15-13-21(14-16-22)26-24(20-9-5-4-6-10-20)19-36-28(33-26)23-11-7-12-25(32)27(23)35-36/h4-7,9-16,19H,8,17-18H2,1-3H3,(H,34,37). The lowest BCUT2D eigenvalue weighted by Gasteiger charge is -2.43. The first-order valence-electron chi connectivity index (χ1n) is 12.9. The number of benzene rings is 3. The van der Waals surface area contributed by atoms with Crippen LogP contribution in [0.4, 0.5) is 4.79 Å². The van der Waals surface area contributed by atoms with Crippen molar-refractivity contribution in [2.24, 2.45) is 0 Å². The van der Waals surface area contributed by atoms with Crippen LogP contribution in [0.3, 0.4) is 0 Å². The molecule has 1 aliphatic carbocycles. The van der Waals surface area contributed by atoms with E-state index < -0.39 is 11.1 Å². The maximum absolute atomic E-state index is 12.6. The molecule has 6 rings (SSSR count). The highest BCUT2D eigenvalue weighted by molar-refractivity contribution is 9.10. The van der Waals surface area contributed by atoms with E-state index in [0.717, 1.165) is 68.2 Å². The van der Waals surface area contributed by atoms with Crippen LogP contribution in [0, 0.1) is 0 Å². The molecule has 3 aromatic carbocycles. The molecule has 2 heterocycles. The molecule has 0 bridgehead atoms. The smallest absolute Gasteiger partial charge is 0.408 e. The lowest BCUT2D eigenvalue weighted by molar-refractivity contribution is 0.0377. The summed E-state index contributed by atoms with van der Waals surface area (Å²) in [5, 5.41) is 8.95. The van der Waals surface area contributed by atoms with Crippen LogP contribution in [0.1, 0.15) is 45.6 Å². The van der Waals surface area contributed by atoms with E-state index >= 15 is 0 Å². The first kappa shape index (κ1) is 24.6. The van der Waals surface area contributed by atoms with Crippen LogP contribution >= 0.6 is 15.9 Å². The molecule has 5 aromatic rings. The summed E-state index contributed by atoms with van der Waals surface area (Å²) in [6.07, 6.45) is 4.53. The van der Waals surface area contributed by atoms with E-state index in [1.54, 1.807) is 0 Å². The number of hydrogen-bond acceptors (Lipinski definition) is 4. The molecule has 7 heteroatoms. The SMILES string of the molecule is CC(C)(C)OC(=O)NC1(c2ccc(-c3nc4c5cccc(Br)c5nn4cc3-c3ccccc3)cc2)CCC1. The molecular formula is C31H29BrN4O2. The van der Waals surface area contributed by atoms with E-state index in [2.05, 4.69) is 63.8 Å². The molecule has 0 spiro atoms. The summed E-state index contributed by atoms with van der Waals surface area (Å²) in [6, 6.07) is 24.7. The van der Waals surface area contributed by atoms with Crippen LogP contribution in [0.5, 0.6) is 0 Å². The zero-order valence-electron chi connectivity index (χ0n) is 21.7. The Morgan fingerprint density at radius 3 is 2.37 bits per heavy atom. The number of carbonyl (C=O) groups excluding carboxylic acids is 1. The molecule has 0 saturated heterocycles. The molecule has 0 radical (unpaired) electrons. The molecule has 1 N–H and O–H groups in total. The van der Waals surface area contributed by atoms with E-state index in [-0.39, 0.29) is 6.09 Å². The molecule has 1 saturated carbocycles. The van der Waals surface area contributed by atoms with Gasteiger partial charge in [0.05, 0.1) is 11.2 Å². The summed E-state index contributed by atoms with van der Waals surface area (Å²) in [4.78, 5) is 17.8. The van der Waals surface area contributed by atoms with E-state index in [1.807, 2.05) is 61.7 Å². The zero-order chi connectivity index (χ0) is 26.5. The molecule has 0 aliphatic heterocycles. The highest BCUT2D eigenvalue weighted by Gasteiger charge is 2.41. The van der Waals surface area contributed by atoms with E-state index in [9.17, 15) is 4.79 Å². The van der Waals surface area contributed by atoms with Gasteiger partial charge < -0.3 is 10.1 Å². The van der Waals surface area contributed by atoms with Crippen LogP contribution < -0.4 is 5.32 Å². The van der Waals surface area contributed by atoms with Gasteiger partial charge in [0.25, 0.3) is 0 Å². The topological polar surface area (TPSA) is 68.5 Å². The van der Waals surface area contributed by atoms with Crippen LogP contribution in [0.15, 0.2) is 83.5 Å². The fraction of sp³-hybridized carbons (Fsp3) is 0.258. The third-order valence-corrected chi connectivity index (χ3v) is 7.76. The average Bonchev–Trinajstić information content (AvgIpc) is 3.24. The normalized spacial score (nSPS) is 14.8. The van der Waals surface area contributed by atoms with Gasteiger partial charge in [-0.3, -0.25) is 0 Å². The van der Waals surface area contributed by atoms with Crippen molar-refractivity contribution in [3.63, 3.8) is 0 Å². The summed E-state index contributed by atoms with van der Waals surface area (Å²) in [5.74, 6) is 0. The van der Waals surface area contributed by atoms with Gasteiger partial charge in [0.15, 0.2) is 5.65 Å². The Bertz CT molecular complexity index is 1650. The Labute approximate surface area is 230 Å². The van der Waals surface area contributed by atoms with E-state index in [0.29, 0.717) is 0 Å². The second-order valence-corrected chi connectivity index (χ2v) is 11.8. The van der Waals surface area contributed by atoms with Gasteiger partial charge in [-0.05, 0) is 79.2 Å². The van der Waals surface area contributed by atoms with Crippen molar-refractivity contribution in [3.8, 4) is 22.4 Å². The van der Waals surface area contributed by atoms with Gasteiger partial charge in [-0.25, -0.2) is 14.3 Å². The zero-order valence-corrected chi connectivity index (χ0v) is 23.2. The Balaban J connectivity index is 1.43. The molecule has 2 aromatic heterocycles. The maximum atomic E-state index is 12.6. The number of hydrogen-bond donors (Lipinski definition) is 1. The number of nitrogens with one attached hydrogen (secondary N) is 1. The number of ether oxygens (including phenoxy) is 1. The van der Waals surface area contributed by atoms with Gasteiger partial charge >= 0.3 is 6.09 Å². The second kappa shape index (κ2) is 9.24. The average molecular weight is 570 g/mol. The van der Waals surface area contributed by atoms with Crippen molar-refractivity contribution in [2.75, 3.05) is 0 Å². The molecule has 6 nitrogen and oxygen atoms in total. The summed E-state index contributed by atoms with van der Waals surface area (Å²) in [7, 11) is 0. The number of nitrogens with zero attached hydrogens (tertiary/aromatic N) is 3. The van der Waals surface area contributed by atoms with Crippen LogP contribution in [-0.2, 0) is 10.3 Å². The number of alkyl carbamates (subject to hydrolysis) is 1. The lowest BCUT2D eigenvalue weighted by atomic mass is 9.71. The highest BCUT2D eigenvalue weighted by Crippen LogP contribution is 2.42. The third-order valence-electron chi connectivity index (χ3n) is 7.12. The Morgan fingerprint density at radius 2 is 1.71 bits per heavy atom. The van der Waals surface area contributed by atoms with Crippen molar-refractivity contribution in [3.05, 3.63) is 89.0 Å². The van der Waals surface area contributed by atoms with E-state index in [1.165, 1.54) is 0 Å². The first-order valence-corrected chi connectivity index (χ1v) is 13.7. The van der Waals surface area contributed by atoms with Crippen LogP contribution in [-0.4, -0.2) is 26.3 Å². The number of fused-ring (bicyclic) bond motifs is 3. The van der Waals surface area contributed by atoms with Gasteiger partial charge in [-0.2, -0.15) is 5.10 Å². The number of amides is 1. The van der Waals surface area contributed by atoms with Gasteiger partial charge in [-0.1, -0.05) is 60.7 Å². The first-order chi connectivity index (χ1) is 18.2. The minimum Gasteiger partial charge on any atom is -0.444 e. The minimum absolute atomic E-state index is 0.376. The molecule has 38 heavy (non-hydrogen) atoms. The Morgan fingerprint density at radius 1 is 0.974 bits per heavy atom. The third kappa shape index (κ3) is 4.45. The predicted molar refractivity (Wildman–Crippen MR) is 154 cm³/mol. The largest absolute Gasteiger partial charge is 0.444 e. The lowest BCUT2D eigenvalue weighted by Crippen LogP contribution is -2.52. The van der Waals surface area contributed by atoms with Gasteiger partial charge in [0.1, 0.15) is 11.1 Å². The number of carbonyl (C=O) groups is 1. The van der Waals surface area contributed by atoms with Gasteiger partial charge in [0.2, 0.25) is 0 Å². The summed E-state index contributed by atoms with van der Waals surface area (Å²) < 4.78 is 8.36. The van der Waals surface area contributed by atoms with Crippen molar-refractivity contribution in [1.82, 2.24) is 19.9 Å². The Kier molecular flexibility index (Phi) is 5.99. The van der Waals surface area contributed by atoms with Crippen LogP contribution in [0.25, 0.3) is 38.9 Å². The summed E-state index contributed by atoms with van der Waals surface area (Å²) in [6.45, 7) is 5.64. The molecule has 192 valence electrons. The van der Waals surface area contributed by atoms with Crippen LogP contribution in [0.2, 0.25) is 0 Å². The molecule has 0 unspecified atom stereocenters. The maximum Gasteiger partial charge on any atom is 0.408 e. The number of halogens is 1.